The number of carbonyl (C=O) groups excluding carboxylic acids is 1. The molecule has 0 aromatic heterocycles. The summed E-state index contributed by atoms with van der Waals surface area (Å²) in [7, 11) is 0. The molecule has 1 aromatic rings. The number of hydrogen-bond donors (Lipinski definition) is 1. The molecule has 1 N–H and O–H groups in total. The lowest BCUT2D eigenvalue weighted by Gasteiger charge is -2.59. The lowest BCUT2D eigenvalue weighted by atomic mass is 9.48. The Hall–Kier alpha value is -2.00. The van der Waals surface area contributed by atoms with Crippen molar-refractivity contribution in [2.24, 2.45) is 35.0 Å². The molecular formula is C28H35F2NO3. The molecule has 1 aromatic carbocycles. The summed E-state index contributed by atoms with van der Waals surface area (Å²) in [5.74, 6) is -0.248. The van der Waals surface area contributed by atoms with Gasteiger partial charge in [0.15, 0.2) is 17.3 Å². The Morgan fingerprint density at radius 3 is 2.71 bits per heavy atom. The van der Waals surface area contributed by atoms with Crippen LogP contribution in [0.3, 0.4) is 0 Å². The Bertz CT molecular complexity index is 1020. The molecule has 34 heavy (non-hydrogen) atoms. The normalized spacial score (nSPS) is 43.2. The topological polar surface area (TPSA) is 50.9 Å². The molecular weight excluding hydrogens is 436 g/mol. The van der Waals surface area contributed by atoms with Crippen molar-refractivity contribution >= 4 is 11.5 Å². The number of rotatable bonds is 4. The predicted molar refractivity (Wildman–Crippen MR) is 125 cm³/mol. The van der Waals surface area contributed by atoms with E-state index in [1.54, 1.807) is 0 Å². The van der Waals surface area contributed by atoms with E-state index in [2.05, 4.69) is 11.8 Å². The summed E-state index contributed by atoms with van der Waals surface area (Å²) in [6, 6.07) is 3.91. The number of aliphatic hydroxyl groups is 1. The Labute approximate surface area is 200 Å². The third kappa shape index (κ3) is 3.75. The average Bonchev–Trinajstić information content (AvgIpc) is 3.16. The zero-order chi connectivity index (χ0) is 24.3. The molecule has 6 heteroatoms. The molecule has 5 rings (SSSR count). The highest BCUT2D eigenvalue weighted by atomic mass is 19.1. The van der Waals surface area contributed by atoms with Crippen molar-refractivity contribution in [3.05, 3.63) is 35.4 Å². The fraction of sp³-hybridized carbons (Fsp3) is 0.714. The van der Waals surface area contributed by atoms with Crippen LogP contribution in [0, 0.1) is 47.4 Å². The maximum atomic E-state index is 16.5. The minimum Gasteiger partial charge on any atom is -0.484 e. The summed E-state index contributed by atoms with van der Waals surface area (Å²) >= 11 is 0. The molecule has 0 unspecified atom stereocenters. The van der Waals surface area contributed by atoms with Crippen LogP contribution < -0.4 is 4.74 Å². The number of benzene rings is 1. The minimum absolute atomic E-state index is 0.0200. The van der Waals surface area contributed by atoms with Crippen molar-refractivity contribution in [2.45, 2.75) is 82.9 Å². The van der Waals surface area contributed by atoms with Crippen molar-refractivity contribution in [3.63, 3.8) is 0 Å². The van der Waals surface area contributed by atoms with Crippen LogP contribution >= 0.6 is 0 Å². The van der Waals surface area contributed by atoms with E-state index in [1.165, 1.54) is 18.2 Å². The number of fused-ring (bicyclic) bond motifs is 5. The second-order valence-corrected chi connectivity index (χ2v) is 11.9. The van der Waals surface area contributed by atoms with Gasteiger partial charge in [0.2, 0.25) is 0 Å². The number of alkyl halides is 1. The largest absolute Gasteiger partial charge is 0.484 e. The van der Waals surface area contributed by atoms with Crippen LogP contribution in [0.1, 0.15) is 71.6 Å². The second kappa shape index (κ2) is 8.29. The summed E-state index contributed by atoms with van der Waals surface area (Å²) in [5, 5.41) is 10.5. The monoisotopic (exact) mass is 471 g/mol. The van der Waals surface area contributed by atoms with E-state index in [4.69, 9.17) is 11.3 Å². The lowest BCUT2D eigenvalue weighted by molar-refractivity contribution is -0.166. The lowest BCUT2D eigenvalue weighted by Crippen LogP contribution is -2.58. The molecule has 0 saturated heterocycles. The van der Waals surface area contributed by atoms with Crippen LogP contribution in [0.25, 0.3) is 4.85 Å². The van der Waals surface area contributed by atoms with Crippen LogP contribution in [-0.4, -0.2) is 28.8 Å². The van der Waals surface area contributed by atoms with Gasteiger partial charge in [-0.1, -0.05) is 13.0 Å². The maximum Gasteiger partial charge on any atom is 0.191 e. The number of carbonyl (C=O) groups is 1. The zero-order valence-electron chi connectivity index (χ0n) is 20.2. The molecule has 4 aliphatic carbocycles. The summed E-state index contributed by atoms with van der Waals surface area (Å²) < 4.78 is 36.1. The van der Waals surface area contributed by atoms with Gasteiger partial charge in [0.05, 0.1) is 12.2 Å². The summed E-state index contributed by atoms with van der Waals surface area (Å²) in [6.45, 7) is 10.9. The predicted octanol–water partition coefficient (Wildman–Crippen LogP) is 6.44. The van der Waals surface area contributed by atoms with Crippen molar-refractivity contribution in [3.8, 4) is 5.75 Å². The van der Waals surface area contributed by atoms with E-state index >= 15 is 4.39 Å². The summed E-state index contributed by atoms with van der Waals surface area (Å²) in [5.41, 5.74) is -1.85. The standard InChI is InChI=1S/C28H35F2NO3/c1-26(33)12-13-28(30)17(15-26)4-6-19-20-7-8-22(27(20,2)11-10-21(19)28)24(32)16-34-25-14-18(31-3)5-9-23(25)29/h5,9,14,17,19-22,33H,4,6-8,10-13,15-16H2,1-2H3/t17-,19+,20+,21+,22-,26-,27+,28-/m1/s1. The molecule has 4 aliphatic rings. The number of Topliss-reactive ketones (excluding diaryl/α,β-unsaturated/α-hetero) is 1. The van der Waals surface area contributed by atoms with Gasteiger partial charge in [0, 0.05) is 5.92 Å². The minimum atomic E-state index is -1.19. The third-order valence-corrected chi connectivity index (χ3v) is 10.1. The SMILES string of the molecule is [C-]#[N+]c1ccc(F)c(OCC(=O)[C@H]2CC[C@H]3[C@@H]4CC[C@@H]5C[C@](C)(O)CC[C@]5(F)[C@H]4CC[C@]23C)c1. The summed E-state index contributed by atoms with van der Waals surface area (Å²) in [4.78, 5) is 16.6. The van der Waals surface area contributed by atoms with Crippen molar-refractivity contribution in [2.75, 3.05) is 6.61 Å². The first-order valence-corrected chi connectivity index (χ1v) is 12.8. The van der Waals surface area contributed by atoms with Gasteiger partial charge >= 0.3 is 0 Å². The van der Waals surface area contributed by atoms with Gasteiger partial charge in [-0.25, -0.2) is 13.6 Å². The quantitative estimate of drug-likeness (QED) is 0.515. The van der Waals surface area contributed by atoms with Crippen LogP contribution in [0.15, 0.2) is 18.2 Å². The average molecular weight is 472 g/mol. The van der Waals surface area contributed by atoms with E-state index < -0.39 is 17.1 Å². The first kappa shape index (κ1) is 23.7. The fourth-order valence-corrected chi connectivity index (χ4v) is 8.43. The summed E-state index contributed by atoms with van der Waals surface area (Å²) in [6.07, 6.45) is 6.63. The zero-order valence-corrected chi connectivity index (χ0v) is 20.2. The van der Waals surface area contributed by atoms with Gasteiger partial charge in [-0.15, -0.1) is 0 Å². The highest BCUT2D eigenvalue weighted by Crippen LogP contribution is 2.66. The van der Waals surface area contributed by atoms with Gasteiger partial charge < -0.3 is 9.84 Å². The number of hydrogen-bond acceptors (Lipinski definition) is 3. The number of nitrogens with zero attached hydrogens (tertiary/aromatic N) is 1. The van der Waals surface area contributed by atoms with Crippen LogP contribution in [0.5, 0.6) is 5.75 Å². The van der Waals surface area contributed by atoms with Gasteiger partial charge in [-0.05, 0) is 106 Å². The molecule has 4 fully saturated rings. The van der Waals surface area contributed by atoms with Crippen LogP contribution in [-0.2, 0) is 4.79 Å². The Kier molecular flexibility index (Phi) is 5.79. The first-order chi connectivity index (χ1) is 16.1. The molecule has 184 valence electrons. The van der Waals surface area contributed by atoms with E-state index in [9.17, 15) is 14.3 Å². The van der Waals surface area contributed by atoms with Gasteiger partial charge in [0.1, 0.15) is 18.0 Å². The van der Waals surface area contributed by atoms with Gasteiger partial charge in [-0.3, -0.25) is 4.79 Å². The van der Waals surface area contributed by atoms with Crippen LogP contribution in [0.2, 0.25) is 0 Å². The fourth-order valence-electron chi connectivity index (χ4n) is 8.43. The van der Waals surface area contributed by atoms with E-state index in [0.717, 1.165) is 38.5 Å². The number of ether oxygens (including phenoxy) is 1. The Morgan fingerprint density at radius 2 is 1.94 bits per heavy atom. The highest BCUT2D eigenvalue weighted by molar-refractivity contribution is 5.83. The molecule has 0 aliphatic heterocycles. The molecule has 4 saturated carbocycles. The van der Waals surface area contributed by atoms with E-state index in [0.29, 0.717) is 25.2 Å². The van der Waals surface area contributed by atoms with Gasteiger partial charge in [0.25, 0.3) is 0 Å². The van der Waals surface area contributed by atoms with Gasteiger partial charge in [-0.2, -0.15) is 0 Å². The Balaban J connectivity index is 1.29. The molecule has 0 radical (unpaired) electrons. The molecule has 0 spiro atoms. The van der Waals surface area contributed by atoms with Crippen molar-refractivity contribution in [1.82, 2.24) is 0 Å². The molecule has 0 bridgehead atoms. The maximum absolute atomic E-state index is 16.5. The molecule has 0 amide bonds. The van der Waals surface area contributed by atoms with Crippen molar-refractivity contribution in [1.29, 1.82) is 0 Å². The third-order valence-electron chi connectivity index (χ3n) is 10.1. The second-order valence-electron chi connectivity index (χ2n) is 11.9. The van der Waals surface area contributed by atoms with Crippen LogP contribution in [0.4, 0.5) is 14.5 Å². The molecule has 8 atom stereocenters. The number of halogens is 2. The first-order valence-electron chi connectivity index (χ1n) is 12.8. The Morgan fingerprint density at radius 1 is 1.15 bits per heavy atom. The smallest absolute Gasteiger partial charge is 0.191 e. The molecule has 0 heterocycles. The number of ketones is 1. The van der Waals surface area contributed by atoms with Crippen molar-refractivity contribution < 1.29 is 23.4 Å². The van der Waals surface area contributed by atoms with E-state index in [1.807, 2.05) is 6.92 Å². The molecule has 4 nitrogen and oxygen atoms in total. The highest BCUT2D eigenvalue weighted by Gasteiger charge is 2.63. The van der Waals surface area contributed by atoms with E-state index in [-0.39, 0.29) is 52.9 Å².